The maximum absolute atomic E-state index is 5.65. The third-order valence-electron chi connectivity index (χ3n) is 3.55. The summed E-state index contributed by atoms with van der Waals surface area (Å²) in [6.07, 6.45) is 2.99. The fourth-order valence-corrected chi connectivity index (χ4v) is 2.47. The van der Waals surface area contributed by atoms with Gasteiger partial charge in [-0.1, -0.05) is 0 Å². The first-order valence-electron chi connectivity index (χ1n) is 6.58. The van der Waals surface area contributed by atoms with Gasteiger partial charge >= 0.3 is 0 Å². The van der Waals surface area contributed by atoms with Crippen molar-refractivity contribution in [1.82, 2.24) is 15.1 Å². The number of rotatable bonds is 5. The molecule has 0 amide bonds. The van der Waals surface area contributed by atoms with E-state index in [0.29, 0.717) is 6.10 Å². The first kappa shape index (κ1) is 12.3. The molecule has 4 nitrogen and oxygen atoms in total. The van der Waals surface area contributed by atoms with E-state index in [4.69, 9.17) is 4.74 Å². The first-order chi connectivity index (χ1) is 7.84. The molecule has 2 heterocycles. The summed E-state index contributed by atoms with van der Waals surface area (Å²) in [6.45, 7) is 9.14. The Balaban J connectivity index is 1.57. The molecule has 2 fully saturated rings. The van der Waals surface area contributed by atoms with Gasteiger partial charge in [0.05, 0.1) is 6.10 Å². The van der Waals surface area contributed by atoms with E-state index in [9.17, 15) is 0 Å². The SMILES string of the molecule is CN(CCN1CCNCC1)CC1CCCO1. The summed E-state index contributed by atoms with van der Waals surface area (Å²) in [5.41, 5.74) is 0. The van der Waals surface area contributed by atoms with E-state index in [1.54, 1.807) is 0 Å². The molecule has 0 aliphatic carbocycles. The van der Waals surface area contributed by atoms with Crippen molar-refractivity contribution in [2.45, 2.75) is 18.9 Å². The molecular weight excluding hydrogens is 202 g/mol. The Hall–Kier alpha value is -0.160. The molecule has 0 aromatic rings. The van der Waals surface area contributed by atoms with E-state index in [1.165, 1.54) is 39.0 Å². The minimum atomic E-state index is 0.494. The lowest BCUT2D eigenvalue weighted by molar-refractivity contribution is 0.0771. The summed E-state index contributed by atoms with van der Waals surface area (Å²) in [6, 6.07) is 0. The van der Waals surface area contributed by atoms with Crippen LogP contribution in [0.5, 0.6) is 0 Å². The van der Waals surface area contributed by atoms with E-state index >= 15 is 0 Å². The average molecular weight is 227 g/mol. The summed E-state index contributed by atoms with van der Waals surface area (Å²) in [7, 11) is 2.21. The normalized spacial score (nSPS) is 27.8. The van der Waals surface area contributed by atoms with Crippen molar-refractivity contribution < 1.29 is 4.74 Å². The molecule has 1 atom stereocenters. The van der Waals surface area contributed by atoms with E-state index in [2.05, 4.69) is 22.2 Å². The Labute approximate surface area is 98.9 Å². The second kappa shape index (κ2) is 6.55. The summed E-state index contributed by atoms with van der Waals surface area (Å²) in [4.78, 5) is 4.96. The largest absolute Gasteiger partial charge is 0.377 e. The number of ether oxygens (including phenoxy) is 1. The molecule has 1 unspecified atom stereocenters. The summed E-state index contributed by atoms with van der Waals surface area (Å²) in [5.74, 6) is 0. The van der Waals surface area contributed by atoms with Crippen molar-refractivity contribution in [3.63, 3.8) is 0 Å². The Bertz CT molecular complexity index is 189. The van der Waals surface area contributed by atoms with Crippen LogP contribution in [-0.2, 0) is 4.74 Å². The highest BCUT2D eigenvalue weighted by Crippen LogP contribution is 2.12. The fraction of sp³-hybridized carbons (Fsp3) is 1.00. The molecule has 16 heavy (non-hydrogen) atoms. The standard InChI is InChI=1S/C12H25N3O/c1-14(11-12-3-2-10-16-12)8-9-15-6-4-13-5-7-15/h12-13H,2-11H2,1H3. The molecule has 0 aromatic heterocycles. The maximum Gasteiger partial charge on any atom is 0.0702 e. The van der Waals surface area contributed by atoms with Gasteiger partial charge in [0.15, 0.2) is 0 Å². The molecule has 0 aromatic carbocycles. The number of hydrogen-bond donors (Lipinski definition) is 1. The van der Waals surface area contributed by atoms with Gasteiger partial charge < -0.3 is 15.0 Å². The highest BCUT2D eigenvalue weighted by molar-refractivity contribution is 4.71. The van der Waals surface area contributed by atoms with Gasteiger partial charge in [-0.3, -0.25) is 4.90 Å². The molecule has 0 radical (unpaired) electrons. The third-order valence-corrected chi connectivity index (χ3v) is 3.55. The van der Waals surface area contributed by atoms with Crippen molar-refractivity contribution >= 4 is 0 Å². The number of hydrogen-bond acceptors (Lipinski definition) is 4. The molecule has 2 aliphatic heterocycles. The van der Waals surface area contributed by atoms with Crippen LogP contribution in [0.1, 0.15) is 12.8 Å². The average Bonchev–Trinajstić information content (AvgIpc) is 2.81. The zero-order valence-electron chi connectivity index (χ0n) is 10.5. The Morgan fingerprint density at radius 1 is 1.38 bits per heavy atom. The van der Waals surface area contributed by atoms with Crippen molar-refractivity contribution in [3.05, 3.63) is 0 Å². The zero-order valence-corrected chi connectivity index (χ0v) is 10.5. The van der Waals surface area contributed by atoms with Gasteiger partial charge in [0, 0.05) is 52.4 Å². The van der Waals surface area contributed by atoms with Crippen LogP contribution in [0.4, 0.5) is 0 Å². The highest BCUT2D eigenvalue weighted by atomic mass is 16.5. The molecule has 2 saturated heterocycles. The quantitative estimate of drug-likeness (QED) is 0.716. The molecule has 0 spiro atoms. The van der Waals surface area contributed by atoms with E-state index < -0.39 is 0 Å². The van der Waals surface area contributed by atoms with Crippen molar-refractivity contribution in [2.24, 2.45) is 0 Å². The highest BCUT2D eigenvalue weighted by Gasteiger charge is 2.17. The monoisotopic (exact) mass is 227 g/mol. The van der Waals surface area contributed by atoms with Crippen LogP contribution in [0, 0.1) is 0 Å². The van der Waals surface area contributed by atoms with Crippen molar-refractivity contribution in [3.8, 4) is 0 Å². The van der Waals surface area contributed by atoms with Crippen molar-refractivity contribution in [1.29, 1.82) is 0 Å². The summed E-state index contributed by atoms with van der Waals surface area (Å²) < 4.78 is 5.65. The van der Waals surface area contributed by atoms with Gasteiger partial charge in [-0.2, -0.15) is 0 Å². The number of likely N-dealkylation sites (N-methyl/N-ethyl adjacent to an activating group) is 1. The molecule has 0 bridgehead atoms. The maximum atomic E-state index is 5.65. The second-order valence-electron chi connectivity index (χ2n) is 4.99. The minimum Gasteiger partial charge on any atom is -0.377 e. The fourth-order valence-electron chi connectivity index (χ4n) is 2.47. The van der Waals surface area contributed by atoms with Crippen molar-refractivity contribution in [2.75, 3.05) is 59.5 Å². The van der Waals surface area contributed by atoms with Gasteiger partial charge in [-0.25, -0.2) is 0 Å². The smallest absolute Gasteiger partial charge is 0.0702 e. The third kappa shape index (κ3) is 4.01. The second-order valence-corrected chi connectivity index (χ2v) is 4.99. The minimum absolute atomic E-state index is 0.494. The zero-order chi connectivity index (χ0) is 11.2. The molecule has 94 valence electrons. The number of piperazine rings is 1. The van der Waals surface area contributed by atoms with Crippen LogP contribution in [0.2, 0.25) is 0 Å². The van der Waals surface area contributed by atoms with Crippen LogP contribution in [0.3, 0.4) is 0 Å². The molecule has 0 saturated carbocycles. The van der Waals surface area contributed by atoms with Gasteiger partial charge in [0.1, 0.15) is 0 Å². The topological polar surface area (TPSA) is 27.7 Å². The van der Waals surface area contributed by atoms with E-state index in [0.717, 1.165) is 26.2 Å². The molecule has 4 heteroatoms. The Morgan fingerprint density at radius 2 is 2.19 bits per heavy atom. The molecular formula is C12H25N3O. The van der Waals surface area contributed by atoms with Crippen LogP contribution in [0.25, 0.3) is 0 Å². The van der Waals surface area contributed by atoms with Crippen LogP contribution in [-0.4, -0.2) is 75.4 Å². The van der Waals surface area contributed by atoms with Crippen LogP contribution < -0.4 is 5.32 Å². The van der Waals surface area contributed by atoms with E-state index in [1.807, 2.05) is 0 Å². The molecule has 1 N–H and O–H groups in total. The van der Waals surface area contributed by atoms with E-state index in [-0.39, 0.29) is 0 Å². The van der Waals surface area contributed by atoms with Gasteiger partial charge in [-0.05, 0) is 19.9 Å². The Morgan fingerprint density at radius 3 is 2.88 bits per heavy atom. The lowest BCUT2D eigenvalue weighted by Crippen LogP contribution is -2.46. The first-order valence-corrected chi connectivity index (χ1v) is 6.58. The number of nitrogens with one attached hydrogen (secondary N) is 1. The molecule has 2 rings (SSSR count). The lowest BCUT2D eigenvalue weighted by atomic mass is 10.2. The van der Waals surface area contributed by atoms with Gasteiger partial charge in [0.2, 0.25) is 0 Å². The van der Waals surface area contributed by atoms with Crippen LogP contribution >= 0.6 is 0 Å². The Kier molecular flexibility index (Phi) is 5.03. The molecule has 2 aliphatic rings. The number of nitrogens with zero attached hydrogens (tertiary/aromatic N) is 2. The van der Waals surface area contributed by atoms with Crippen LogP contribution in [0.15, 0.2) is 0 Å². The summed E-state index contributed by atoms with van der Waals surface area (Å²) >= 11 is 0. The predicted octanol–water partition coefficient (Wildman–Crippen LogP) is 0.00240. The predicted molar refractivity (Wildman–Crippen MR) is 65.8 cm³/mol. The van der Waals surface area contributed by atoms with Gasteiger partial charge in [0.25, 0.3) is 0 Å². The lowest BCUT2D eigenvalue weighted by Gasteiger charge is -2.29. The van der Waals surface area contributed by atoms with Gasteiger partial charge in [-0.15, -0.1) is 0 Å². The summed E-state index contributed by atoms with van der Waals surface area (Å²) in [5, 5.41) is 3.39.